The summed E-state index contributed by atoms with van der Waals surface area (Å²) in [5, 5.41) is 11.0. The van der Waals surface area contributed by atoms with E-state index in [2.05, 4.69) is 15.4 Å². The van der Waals surface area contributed by atoms with Gasteiger partial charge in [-0.2, -0.15) is 4.98 Å². The second kappa shape index (κ2) is 6.44. The Labute approximate surface area is 116 Å². The summed E-state index contributed by atoms with van der Waals surface area (Å²) in [5.41, 5.74) is 2.14. The van der Waals surface area contributed by atoms with Crippen molar-refractivity contribution in [3.63, 3.8) is 0 Å². The molecule has 1 aliphatic heterocycles. The number of nitrogens with one attached hydrogen (secondary N) is 1. The van der Waals surface area contributed by atoms with Crippen molar-refractivity contribution in [3.8, 4) is 0 Å². The molecule has 0 amide bonds. The van der Waals surface area contributed by atoms with Crippen molar-refractivity contribution >= 4 is 17.5 Å². The summed E-state index contributed by atoms with van der Waals surface area (Å²) in [4.78, 5) is 20.1. The van der Waals surface area contributed by atoms with E-state index in [0.29, 0.717) is 6.54 Å². The fraction of sp³-hybridized carbons (Fsp3) is 0.636. The molecular formula is C11H18N6O3. The zero-order valence-corrected chi connectivity index (χ0v) is 11.3. The van der Waals surface area contributed by atoms with Gasteiger partial charge in [-0.15, -0.1) is 0 Å². The van der Waals surface area contributed by atoms with Crippen molar-refractivity contribution in [2.75, 3.05) is 30.5 Å². The summed E-state index contributed by atoms with van der Waals surface area (Å²) < 4.78 is 5.63. The number of nitrogens with two attached hydrogens (primary N) is 1. The quantitative estimate of drug-likeness (QED) is 0.459. The molecule has 1 fully saturated rings. The molecule has 3 N–H and O–H groups in total. The second-order valence-electron chi connectivity index (χ2n) is 4.67. The first-order valence-electron chi connectivity index (χ1n) is 6.42. The maximum atomic E-state index is 11.0. The van der Waals surface area contributed by atoms with Crippen molar-refractivity contribution < 1.29 is 9.66 Å². The van der Waals surface area contributed by atoms with E-state index in [4.69, 9.17) is 10.6 Å². The fourth-order valence-electron chi connectivity index (χ4n) is 2.19. The molecule has 0 saturated carbocycles. The van der Waals surface area contributed by atoms with Gasteiger partial charge in [-0.1, -0.05) is 0 Å². The van der Waals surface area contributed by atoms with E-state index < -0.39 is 4.92 Å². The normalized spacial score (nSPS) is 18.6. The summed E-state index contributed by atoms with van der Waals surface area (Å²) in [7, 11) is 1.74. The van der Waals surface area contributed by atoms with Gasteiger partial charge in [-0.25, -0.2) is 10.8 Å². The Bertz CT molecular complexity index is 477. The first-order chi connectivity index (χ1) is 9.61. The number of nitrogens with zero attached hydrogens (tertiary/aromatic N) is 4. The summed E-state index contributed by atoms with van der Waals surface area (Å²) >= 11 is 0. The smallest absolute Gasteiger partial charge is 0.329 e. The molecule has 9 heteroatoms. The van der Waals surface area contributed by atoms with Crippen LogP contribution in [-0.4, -0.2) is 41.2 Å². The largest absolute Gasteiger partial charge is 0.376 e. The van der Waals surface area contributed by atoms with E-state index in [1.165, 1.54) is 0 Å². The van der Waals surface area contributed by atoms with Crippen LogP contribution in [0.3, 0.4) is 0 Å². The van der Waals surface area contributed by atoms with Gasteiger partial charge in [0.2, 0.25) is 11.8 Å². The van der Waals surface area contributed by atoms with Crippen LogP contribution in [0.15, 0.2) is 6.20 Å². The first-order valence-corrected chi connectivity index (χ1v) is 6.42. The summed E-state index contributed by atoms with van der Waals surface area (Å²) in [6, 6.07) is 0. The molecule has 1 aromatic rings. The number of ether oxygens (including phenoxy) is 1. The van der Waals surface area contributed by atoms with Crippen LogP contribution in [0.5, 0.6) is 0 Å². The van der Waals surface area contributed by atoms with E-state index in [1.54, 1.807) is 11.9 Å². The minimum atomic E-state index is -0.506. The Hall–Kier alpha value is -2.00. The molecule has 1 aliphatic rings. The van der Waals surface area contributed by atoms with Crippen LogP contribution in [0.1, 0.15) is 19.3 Å². The Kier molecular flexibility index (Phi) is 4.64. The average molecular weight is 282 g/mol. The van der Waals surface area contributed by atoms with Crippen molar-refractivity contribution in [2.45, 2.75) is 25.4 Å². The van der Waals surface area contributed by atoms with Crippen LogP contribution < -0.4 is 16.2 Å². The molecule has 1 atom stereocenters. The van der Waals surface area contributed by atoms with E-state index in [9.17, 15) is 10.1 Å². The van der Waals surface area contributed by atoms with E-state index >= 15 is 0 Å². The van der Waals surface area contributed by atoms with Gasteiger partial charge in [-0.3, -0.25) is 15.5 Å². The molecule has 1 unspecified atom stereocenters. The number of anilines is 2. The molecule has 2 heterocycles. The van der Waals surface area contributed by atoms with Crippen molar-refractivity contribution in [2.24, 2.45) is 5.84 Å². The molecule has 0 radical (unpaired) electrons. The van der Waals surface area contributed by atoms with Crippen LogP contribution in [0.4, 0.5) is 17.5 Å². The predicted molar refractivity (Wildman–Crippen MR) is 73.4 cm³/mol. The Morgan fingerprint density at radius 1 is 1.65 bits per heavy atom. The van der Waals surface area contributed by atoms with E-state index in [0.717, 1.165) is 32.1 Å². The van der Waals surface area contributed by atoms with Crippen molar-refractivity contribution in [1.29, 1.82) is 0 Å². The molecule has 1 saturated heterocycles. The van der Waals surface area contributed by atoms with Crippen LogP contribution in [0.25, 0.3) is 0 Å². The summed E-state index contributed by atoms with van der Waals surface area (Å²) in [6.07, 6.45) is 4.34. The zero-order valence-electron chi connectivity index (χ0n) is 11.3. The fourth-order valence-corrected chi connectivity index (χ4v) is 2.19. The molecule has 110 valence electrons. The molecule has 2 rings (SSSR count). The molecule has 9 nitrogen and oxygen atoms in total. The van der Waals surface area contributed by atoms with Crippen LogP contribution in [-0.2, 0) is 4.74 Å². The number of aromatic nitrogens is 2. The molecule has 0 bridgehead atoms. The van der Waals surface area contributed by atoms with Gasteiger partial charge in [0.25, 0.3) is 0 Å². The maximum absolute atomic E-state index is 11.0. The Morgan fingerprint density at radius 2 is 2.45 bits per heavy atom. The van der Waals surface area contributed by atoms with Crippen LogP contribution in [0, 0.1) is 10.1 Å². The van der Waals surface area contributed by atoms with Crippen LogP contribution in [0.2, 0.25) is 0 Å². The minimum absolute atomic E-state index is 0.0672. The Balaban J connectivity index is 2.17. The summed E-state index contributed by atoms with van der Waals surface area (Å²) in [5.74, 6) is 5.61. The number of hydrogen-bond donors (Lipinski definition) is 2. The molecule has 0 aliphatic carbocycles. The number of hydrogen-bond acceptors (Lipinski definition) is 8. The highest BCUT2D eigenvalue weighted by atomic mass is 16.6. The topological polar surface area (TPSA) is 119 Å². The van der Waals surface area contributed by atoms with E-state index in [-0.39, 0.29) is 23.6 Å². The third-order valence-electron chi connectivity index (χ3n) is 3.19. The monoisotopic (exact) mass is 282 g/mol. The van der Waals surface area contributed by atoms with Crippen molar-refractivity contribution in [1.82, 2.24) is 9.97 Å². The highest BCUT2D eigenvalue weighted by molar-refractivity contribution is 5.58. The second-order valence-corrected chi connectivity index (χ2v) is 4.67. The Morgan fingerprint density at radius 3 is 3.05 bits per heavy atom. The number of rotatable bonds is 5. The number of nitro groups is 1. The molecular weight excluding hydrogens is 264 g/mol. The lowest BCUT2D eigenvalue weighted by atomic mass is 10.1. The number of hydrazine groups is 1. The molecule has 20 heavy (non-hydrogen) atoms. The third-order valence-corrected chi connectivity index (χ3v) is 3.19. The molecule has 1 aromatic heterocycles. The van der Waals surface area contributed by atoms with Crippen LogP contribution >= 0.6 is 0 Å². The maximum Gasteiger partial charge on any atom is 0.329 e. The van der Waals surface area contributed by atoms with Gasteiger partial charge in [0.05, 0.1) is 11.0 Å². The predicted octanol–water partition coefficient (Wildman–Crippen LogP) is 0.676. The molecule has 0 aromatic carbocycles. The standard InChI is InChI=1S/C11H18N6O3/c1-16(7-8-4-2-3-5-20-8)10-9(17(18)19)6-13-11(14-10)15-12/h6,8H,2-5,7,12H2,1H3,(H,13,14,15). The van der Waals surface area contributed by atoms with Gasteiger partial charge < -0.3 is 9.64 Å². The highest BCUT2D eigenvalue weighted by Crippen LogP contribution is 2.26. The van der Waals surface area contributed by atoms with Gasteiger partial charge in [0.1, 0.15) is 6.20 Å². The van der Waals surface area contributed by atoms with E-state index in [1.807, 2.05) is 0 Å². The number of likely N-dealkylation sites (N-methyl/N-ethyl adjacent to an activating group) is 1. The van der Waals surface area contributed by atoms with Gasteiger partial charge in [-0.05, 0) is 19.3 Å². The zero-order chi connectivity index (χ0) is 14.5. The van der Waals surface area contributed by atoms with Gasteiger partial charge in [0, 0.05) is 20.2 Å². The highest BCUT2D eigenvalue weighted by Gasteiger charge is 2.24. The van der Waals surface area contributed by atoms with Gasteiger partial charge >= 0.3 is 5.69 Å². The minimum Gasteiger partial charge on any atom is -0.376 e. The lowest BCUT2D eigenvalue weighted by molar-refractivity contribution is -0.384. The lowest BCUT2D eigenvalue weighted by Gasteiger charge is -2.27. The SMILES string of the molecule is CN(CC1CCCCO1)c1nc(NN)ncc1[N+](=O)[O-]. The molecule has 0 spiro atoms. The lowest BCUT2D eigenvalue weighted by Crippen LogP contribution is -2.34. The summed E-state index contributed by atoms with van der Waals surface area (Å²) in [6.45, 7) is 1.28. The van der Waals surface area contributed by atoms with Crippen molar-refractivity contribution in [3.05, 3.63) is 16.3 Å². The number of nitrogen functional groups attached to an aromatic ring is 1. The van der Waals surface area contributed by atoms with Gasteiger partial charge in [0.15, 0.2) is 0 Å². The first kappa shape index (κ1) is 14.4. The average Bonchev–Trinajstić information content (AvgIpc) is 2.47. The third kappa shape index (κ3) is 3.31.